The number of hydrogen-bond acceptors (Lipinski definition) is 2. The fourth-order valence-electron chi connectivity index (χ4n) is 1.68. The molecule has 0 radical (unpaired) electrons. The summed E-state index contributed by atoms with van der Waals surface area (Å²) >= 11 is 0. The Balaban J connectivity index is 1.89. The van der Waals surface area contributed by atoms with Gasteiger partial charge in [0.15, 0.2) is 0 Å². The average Bonchev–Trinajstić information content (AvgIpc) is 2.34. The van der Waals surface area contributed by atoms with E-state index in [1.54, 1.807) is 0 Å². The first-order valence-corrected chi connectivity index (χ1v) is 7.80. The molecule has 1 rings (SSSR count). The summed E-state index contributed by atoms with van der Waals surface area (Å²) in [7, 11) is 1.27. The summed E-state index contributed by atoms with van der Waals surface area (Å²) in [5.41, 5.74) is 1.38. The zero-order chi connectivity index (χ0) is 11.5. The molecule has 90 valence electrons. The first-order valence-electron chi connectivity index (χ1n) is 6.39. The van der Waals surface area contributed by atoms with Gasteiger partial charge in [-0.2, -0.15) is 0 Å². The van der Waals surface area contributed by atoms with Gasteiger partial charge in [0, 0.05) is 16.8 Å². The molecule has 0 heterocycles. The molecule has 3 heteroatoms. The van der Waals surface area contributed by atoms with Crippen LogP contribution in [0.5, 0.6) is 0 Å². The number of nitrogens with one attached hydrogen (secondary N) is 2. The lowest BCUT2D eigenvalue weighted by Crippen LogP contribution is -2.17. The van der Waals surface area contributed by atoms with Crippen molar-refractivity contribution in [3.05, 3.63) is 35.9 Å². The molecule has 0 saturated heterocycles. The molecular weight excluding hydrogens is 212 g/mol. The maximum Gasteiger partial charge on any atom is 0.0205 e. The van der Waals surface area contributed by atoms with E-state index in [4.69, 9.17) is 0 Å². The Morgan fingerprint density at radius 3 is 2.25 bits per heavy atom. The van der Waals surface area contributed by atoms with Crippen molar-refractivity contribution in [3.63, 3.8) is 0 Å². The van der Waals surface area contributed by atoms with Crippen LogP contribution in [0.15, 0.2) is 30.3 Å². The lowest BCUT2D eigenvalue weighted by atomic mass is 10.2. The largest absolute Gasteiger partial charge is 0.320 e. The predicted molar refractivity (Wildman–Crippen MR) is 74.8 cm³/mol. The number of benzene rings is 1. The van der Waals surface area contributed by atoms with Gasteiger partial charge in [-0.1, -0.05) is 36.8 Å². The van der Waals surface area contributed by atoms with Gasteiger partial charge in [0.25, 0.3) is 0 Å². The Kier molecular flexibility index (Phi) is 8.03. The molecule has 0 aliphatic carbocycles. The molecule has 0 aliphatic heterocycles. The molecule has 16 heavy (non-hydrogen) atoms. The lowest BCUT2D eigenvalue weighted by Gasteiger charge is -2.05. The number of hydrogen-bond donors (Lipinski definition) is 2. The predicted octanol–water partition coefficient (Wildman–Crippen LogP) is 0.859. The molecule has 0 atom stereocenters. The second kappa shape index (κ2) is 9.57. The Morgan fingerprint density at radius 1 is 0.875 bits per heavy atom. The SMILES string of the molecule is [SiH3]CNCCCCCNCc1ccccc1. The lowest BCUT2D eigenvalue weighted by molar-refractivity contribution is 0.587. The maximum atomic E-state index is 3.48. The smallest absolute Gasteiger partial charge is 0.0205 e. The molecule has 0 fully saturated rings. The van der Waals surface area contributed by atoms with Gasteiger partial charge in [0.2, 0.25) is 0 Å². The highest BCUT2D eigenvalue weighted by Gasteiger charge is 1.91. The van der Waals surface area contributed by atoms with Gasteiger partial charge < -0.3 is 10.6 Å². The van der Waals surface area contributed by atoms with E-state index in [2.05, 4.69) is 41.0 Å². The van der Waals surface area contributed by atoms with Crippen LogP contribution in [0.2, 0.25) is 0 Å². The zero-order valence-corrected chi connectivity index (χ0v) is 12.3. The van der Waals surface area contributed by atoms with Crippen LogP contribution in [0, 0.1) is 0 Å². The fraction of sp³-hybridized carbons (Fsp3) is 0.538. The van der Waals surface area contributed by atoms with Gasteiger partial charge in [0.05, 0.1) is 0 Å². The molecule has 2 N–H and O–H groups in total. The molecule has 0 aromatic heterocycles. The van der Waals surface area contributed by atoms with Crippen molar-refractivity contribution in [2.75, 3.05) is 19.3 Å². The molecule has 0 unspecified atom stereocenters. The topological polar surface area (TPSA) is 24.1 Å². The second-order valence-corrected chi connectivity index (χ2v) is 4.78. The zero-order valence-electron chi connectivity index (χ0n) is 10.3. The van der Waals surface area contributed by atoms with Crippen LogP contribution in [0.4, 0.5) is 0 Å². The van der Waals surface area contributed by atoms with Gasteiger partial charge in [-0.3, -0.25) is 0 Å². The van der Waals surface area contributed by atoms with Gasteiger partial charge in [-0.15, -0.1) is 0 Å². The van der Waals surface area contributed by atoms with Crippen molar-refractivity contribution in [2.45, 2.75) is 25.8 Å². The molecule has 0 aliphatic rings. The third-order valence-corrected chi connectivity index (χ3v) is 3.13. The summed E-state index contributed by atoms with van der Waals surface area (Å²) in [5.74, 6) is 0. The van der Waals surface area contributed by atoms with Crippen molar-refractivity contribution in [1.29, 1.82) is 0 Å². The first-order chi connectivity index (χ1) is 7.93. The summed E-state index contributed by atoms with van der Waals surface area (Å²) in [6, 6.07) is 10.6. The van der Waals surface area contributed by atoms with Crippen molar-refractivity contribution in [2.24, 2.45) is 0 Å². The molecule has 1 aromatic rings. The first kappa shape index (κ1) is 13.4. The molecule has 0 amide bonds. The van der Waals surface area contributed by atoms with E-state index in [1.165, 1.54) is 47.8 Å². The minimum atomic E-state index is 1.000. The molecule has 0 saturated carbocycles. The minimum absolute atomic E-state index is 1.000. The highest BCUT2D eigenvalue weighted by atomic mass is 28.1. The highest BCUT2D eigenvalue weighted by Crippen LogP contribution is 1.98. The standard InChI is InChI=1S/C13H24N2Si/c16-12-15-10-6-2-5-9-14-11-13-7-3-1-4-8-13/h1,3-4,7-8,14-15H,2,5-6,9-12H2,16H3. The van der Waals surface area contributed by atoms with E-state index < -0.39 is 0 Å². The van der Waals surface area contributed by atoms with Crippen LogP contribution < -0.4 is 10.6 Å². The number of unbranched alkanes of at least 4 members (excludes halogenated alkanes) is 2. The maximum absolute atomic E-state index is 3.48. The molecule has 0 bridgehead atoms. The molecule has 2 nitrogen and oxygen atoms in total. The van der Waals surface area contributed by atoms with E-state index in [1.807, 2.05) is 0 Å². The quantitative estimate of drug-likeness (QED) is 0.491. The van der Waals surface area contributed by atoms with Crippen molar-refractivity contribution in [3.8, 4) is 0 Å². The average molecular weight is 236 g/mol. The van der Waals surface area contributed by atoms with Crippen LogP contribution in [0.25, 0.3) is 0 Å². The van der Waals surface area contributed by atoms with Crippen LogP contribution in [0.3, 0.4) is 0 Å². The second-order valence-electron chi connectivity index (χ2n) is 4.08. The highest BCUT2D eigenvalue weighted by molar-refractivity contribution is 6.08. The van der Waals surface area contributed by atoms with Crippen molar-refractivity contribution >= 4 is 10.2 Å². The summed E-state index contributed by atoms with van der Waals surface area (Å²) in [6.45, 7) is 3.33. The summed E-state index contributed by atoms with van der Waals surface area (Å²) < 4.78 is 0. The Bertz CT molecular complexity index is 251. The van der Waals surface area contributed by atoms with Crippen LogP contribution in [-0.4, -0.2) is 29.5 Å². The van der Waals surface area contributed by atoms with E-state index in [0.717, 1.165) is 13.1 Å². The van der Waals surface area contributed by atoms with Gasteiger partial charge in [-0.05, 0) is 37.7 Å². The van der Waals surface area contributed by atoms with Crippen molar-refractivity contribution in [1.82, 2.24) is 10.6 Å². The molecular formula is C13H24N2Si. The summed E-state index contributed by atoms with van der Waals surface area (Å²) in [6.07, 6.45) is 5.16. The minimum Gasteiger partial charge on any atom is -0.320 e. The Morgan fingerprint density at radius 2 is 1.56 bits per heavy atom. The molecule has 0 spiro atoms. The monoisotopic (exact) mass is 236 g/mol. The van der Waals surface area contributed by atoms with E-state index in [-0.39, 0.29) is 0 Å². The van der Waals surface area contributed by atoms with E-state index in [0.29, 0.717) is 0 Å². The Labute approximate surface area is 102 Å². The van der Waals surface area contributed by atoms with Crippen molar-refractivity contribution < 1.29 is 0 Å². The summed E-state index contributed by atoms with van der Waals surface area (Å²) in [4.78, 5) is 0. The van der Waals surface area contributed by atoms with Crippen LogP contribution in [0.1, 0.15) is 24.8 Å². The number of rotatable bonds is 9. The normalized spacial score (nSPS) is 10.8. The Hall–Kier alpha value is -0.643. The van der Waals surface area contributed by atoms with E-state index in [9.17, 15) is 0 Å². The third-order valence-electron chi connectivity index (χ3n) is 2.63. The van der Waals surface area contributed by atoms with Crippen LogP contribution >= 0.6 is 0 Å². The fourth-order valence-corrected chi connectivity index (χ4v) is 2.04. The van der Waals surface area contributed by atoms with Gasteiger partial charge >= 0.3 is 0 Å². The third kappa shape index (κ3) is 6.77. The molecule has 1 aromatic carbocycles. The van der Waals surface area contributed by atoms with E-state index >= 15 is 0 Å². The van der Waals surface area contributed by atoms with Gasteiger partial charge in [0.1, 0.15) is 0 Å². The summed E-state index contributed by atoms with van der Waals surface area (Å²) in [5, 5.41) is 6.89. The van der Waals surface area contributed by atoms with Crippen LogP contribution in [-0.2, 0) is 6.54 Å². The van der Waals surface area contributed by atoms with Gasteiger partial charge in [-0.25, -0.2) is 0 Å².